The molecule has 0 aromatic heterocycles. The summed E-state index contributed by atoms with van der Waals surface area (Å²) < 4.78 is 0. The first-order valence-corrected chi connectivity index (χ1v) is 12.2. The van der Waals surface area contributed by atoms with Crippen LogP contribution in [0.1, 0.15) is 17.5 Å². The van der Waals surface area contributed by atoms with Gasteiger partial charge in [0.1, 0.15) is 12.2 Å². The molecule has 10 nitrogen and oxygen atoms in total. The highest BCUT2D eigenvalue weighted by molar-refractivity contribution is 5.93. The van der Waals surface area contributed by atoms with Gasteiger partial charge >= 0.3 is 12.0 Å². The Hall–Kier alpha value is -4.18. The summed E-state index contributed by atoms with van der Waals surface area (Å²) in [5.74, 6) is -2.02. The minimum Gasteiger partial charge on any atom is -0.481 e. The normalized spacial score (nSPS) is 19.9. The van der Waals surface area contributed by atoms with Crippen molar-refractivity contribution in [3.63, 3.8) is 0 Å². The van der Waals surface area contributed by atoms with Crippen molar-refractivity contribution in [1.82, 2.24) is 25.1 Å². The van der Waals surface area contributed by atoms with Crippen molar-refractivity contribution in [2.75, 3.05) is 26.2 Å². The molecule has 0 spiro atoms. The first-order valence-electron chi connectivity index (χ1n) is 12.2. The van der Waals surface area contributed by atoms with Gasteiger partial charge in [-0.15, -0.1) is 6.58 Å². The highest BCUT2D eigenvalue weighted by Gasteiger charge is 2.51. The molecule has 0 saturated carbocycles. The van der Waals surface area contributed by atoms with E-state index in [0.29, 0.717) is 13.0 Å². The van der Waals surface area contributed by atoms with E-state index in [2.05, 4.69) is 11.9 Å². The largest absolute Gasteiger partial charge is 0.481 e. The Bertz CT molecular complexity index is 1140. The lowest BCUT2D eigenvalue weighted by Crippen LogP contribution is -2.76. The second kappa shape index (κ2) is 11.7. The zero-order valence-electron chi connectivity index (χ0n) is 20.5. The molecule has 2 aliphatic rings. The van der Waals surface area contributed by atoms with Gasteiger partial charge in [0.15, 0.2) is 0 Å². The van der Waals surface area contributed by atoms with Crippen LogP contribution in [-0.4, -0.2) is 87.1 Å². The van der Waals surface area contributed by atoms with Gasteiger partial charge in [-0.05, 0) is 17.5 Å². The fourth-order valence-electron chi connectivity index (χ4n) is 4.83. The molecule has 2 N–H and O–H groups in total. The van der Waals surface area contributed by atoms with E-state index in [4.69, 9.17) is 0 Å². The summed E-state index contributed by atoms with van der Waals surface area (Å²) in [7, 11) is 0. The Morgan fingerprint density at radius 2 is 1.68 bits per heavy atom. The van der Waals surface area contributed by atoms with Crippen LogP contribution in [0.4, 0.5) is 4.79 Å². The molecule has 194 valence electrons. The zero-order chi connectivity index (χ0) is 26.4. The van der Waals surface area contributed by atoms with Gasteiger partial charge in [-0.1, -0.05) is 66.7 Å². The van der Waals surface area contributed by atoms with Crippen molar-refractivity contribution >= 4 is 23.8 Å². The number of rotatable bonds is 9. The zero-order valence-corrected chi connectivity index (χ0v) is 20.5. The van der Waals surface area contributed by atoms with Gasteiger partial charge in [0.25, 0.3) is 0 Å². The first-order chi connectivity index (χ1) is 17.9. The summed E-state index contributed by atoms with van der Waals surface area (Å²) in [6, 6.07) is 17.4. The summed E-state index contributed by atoms with van der Waals surface area (Å²) in [4.78, 5) is 54.6. The third kappa shape index (κ3) is 5.97. The number of hydrogen-bond acceptors (Lipinski definition) is 5. The van der Waals surface area contributed by atoms with E-state index in [9.17, 15) is 24.3 Å². The van der Waals surface area contributed by atoms with Crippen molar-refractivity contribution < 1.29 is 24.3 Å². The molecule has 2 saturated heterocycles. The molecule has 0 bridgehead atoms. The smallest absolute Gasteiger partial charge is 0.334 e. The van der Waals surface area contributed by atoms with E-state index in [1.807, 2.05) is 60.7 Å². The Labute approximate surface area is 215 Å². The van der Waals surface area contributed by atoms with E-state index in [1.54, 1.807) is 16.0 Å². The Balaban J connectivity index is 1.62. The molecule has 1 unspecified atom stereocenters. The summed E-state index contributed by atoms with van der Waals surface area (Å²) in [6.07, 6.45) is 0.763. The number of nitrogens with one attached hydrogen (secondary N) is 1. The minimum absolute atomic E-state index is 0.0694. The van der Waals surface area contributed by atoms with Gasteiger partial charge in [-0.3, -0.25) is 14.4 Å². The molecular weight excluding hydrogens is 474 g/mol. The number of carbonyl (C=O) groups excluding carboxylic acids is 3. The Morgan fingerprint density at radius 1 is 1.03 bits per heavy atom. The van der Waals surface area contributed by atoms with E-state index in [1.165, 1.54) is 9.91 Å². The molecule has 0 aliphatic carbocycles. The standard InChI is InChI=1S/C27H31N5O5/c1-2-14-30-19-24(33)31-22(16-25(34)35)26(36)29(15-13-20-9-5-3-6-10-20)18-23(31)32(30)27(37)28-17-21-11-7-4-8-12-21/h2-12,22-23H,1,13-19H2,(H,28,37)(H,34,35)/t22?,23-/m0/s1. The number of fused-ring (bicyclic) bond motifs is 1. The number of aliphatic carboxylic acids is 1. The van der Waals surface area contributed by atoms with Crippen LogP contribution in [0.15, 0.2) is 73.3 Å². The second-order valence-electron chi connectivity index (χ2n) is 9.04. The van der Waals surface area contributed by atoms with Crippen LogP contribution < -0.4 is 5.32 Å². The van der Waals surface area contributed by atoms with Gasteiger partial charge in [-0.25, -0.2) is 14.8 Å². The molecule has 4 amide bonds. The van der Waals surface area contributed by atoms with Crippen LogP contribution in [0.5, 0.6) is 0 Å². The number of piperazine rings is 1. The maximum atomic E-state index is 13.5. The van der Waals surface area contributed by atoms with Crippen molar-refractivity contribution in [3.8, 4) is 0 Å². The minimum atomic E-state index is -1.20. The van der Waals surface area contributed by atoms with Crippen molar-refractivity contribution in [1.29, 1.82) is 0 Å². The van der Waals surface area contributed by atoms with Crippen LogP contribution >= 0.6 is 0 Å². The average Bonchev–Trinajstić information content (AvgIpc) is 2.89. The van der Waals surface area contributed by atoms with Crippen molar-refractivity contribution in [2.45, 2.75) is 31.6 Å². The maximum Gasteiger partial charge on any atom is 0.334 e. The maximum absolute atomic E-state index is 13.5. The summed E-state index contributed by atoms with van der Waals surface area (Å²) in [6.45, 7) is 4.48. The highest BCUT2D eigenvalue weighted by Crippen LogP contribution is 2.28. The number of hydrogen-bond donors (Lipinski definition) is 2. The number of hydrazine groups is 1. The summed E-state index contributed by atoms with van der Waals surface area (Å²) in [5.41, 5.74) is 1.93. The quantitative estimate of drug-likeness (QED) is 0.502. The topological polar surface area (TPSA) is 114 Å². The van der Waals surface area contributed by atoms with Gasteiger partial charge in [-0.2, -0.15) is 0 Å². The van der Waals surface area contributed by atoms with Crippen LogP contribution in [-0.2, 0) is 27.3 Å². The van der Waals surface area contributed by atoms with E-state index in [-0.39, 0.29) is 26.2 Å². The fourth-order valence-corrected chi connectivity index (χ4v) is 4.83. The van der Waals surface area contributed by atoms with Crippen LogP contribution in [0, 0.1) is 0 Å². The van der Waals surface area contributed by atoms with Crippen molar-refractivity contribution in [3.05, 3.63) is 84.4 Å². The first kappa shape index (κ1) is 25.9. The molecule has 37 heavy (non-hydrogen) atoms. The third-order valence-electron chi connectivity index (χ3n) is 6.55. The van der Waals surface area contributed by atoms with Gasteiger partial charge in [0.2, 0.25) is 11.8 Å². The van der Waals surface area contributed by atoms with Crippen LogP contribution in [0.25, 0.3) is 0 Å². The fraction of sp³-hybridized carbons (Fsp3) is 0.333. The summed E-state index contributed by atoms with van der Waals surface area (Å²) >= 11 is 0. The molecule has 4 rings (SSSR count). The van der Waals surface area contributed by atoms with E-state index in [0.717, 1.165) is 11.1 Å². The molecule has 2 aromatic carbocycles. The molecule has 2 atom stereocenters. The number of nitrogens with zero attached hydrogens (tertiary/aromatic N) is 4. The van der Waals surface area contributed by atoms with Crippen LogP contribution in [0.3, 0.4) is 0 Å². The monoisotopic (exact) mass is 505 g/mol. The number of urea groups is 1. The molecule has 0 radical (unpaired) electrons. The van der Waals surface area contributed by atoms with E-state index >= 15 is 0 Å². The Kier molecular flexibility index (Phi) is 8.19. The van der Waals surface area contributed by atoms with E-state index < -0.39 is 42.4 Å². The van der Waals surface area contributed by atoms with Gasteiger partial charge < -0.3 is 20.2 Å². The summed E-state index contributed by atoms with van der Waals surface area (Å²) in [5, 5.41) is 15.5. The molecule has 2 aliphatic heterocycles. The lowest BCUT2D eigenvalue weighted by molar-refractivity contribution is -0.190. The number of carboxylic acid groups (broad SMARTS) is 1. The molecule has 2 heterocycles. The number of amides is 4. The molecule has 2 aromatic rings. The molecular formula is C27H31N5O5. The average molecular weight is 506 g/mol. The van der Waals surface area contributed by atoms with Crippen molar-refractivity contribution in [2.24, 2.45) is 0 Å². The lowest BCUT2D eigenvalue weighted by Gasteiger charge is -2.54. The number of benzene rings is 2. The predicted molar refractivity (Wildman–Crippen MR) is 136 cm³/mol. The second-order valence-corrected chi connectivity index (χ2v) is 9.04. The van der Waals surface area contributed by atoms with Gasteiger partial charge in [0, 0.05) is 19.6 Å². The predicted octanol–water partition coefficient (Wildman–Crippen LogP) is 1.70. The number of carboxylic acids is 1. The molecule has 10 heteroatoms. The van der Waals surface area contributed by atoms with Crippen LogP contribution in [0.2, 0.25) is 0 Å². The number of carbonyl (C=O) groups is 4. The lowest BCUT2D eigenvalue weighted by atomic mass is 10.0. The molecule has 2 fully saturated rings. The van der Waals surface area contributed by atoms with Gasteiger partial charge in [0.05, 0.1) is 19.5 Å². The SMILES string of the molecule is C=CCN1CC(=O)N2C(CC(=O)O)C(=O)N(CCc3ccccc3)C[C@@H]2N1C(=O)NCc1ccccc1. The third-order valence-corrected chi connectivity index (χ3v) is 6.55. The Morgan fingerprint density at radius 3 is 2.30 bits per heavy atom. The highest BCUT2D eigenvalue weighted by atomic mass is 16.4.